The first kappa shape index (κ1) is 24.4. The van der Waals surface area contributed by atoms with Crippen LogP contribution < -0.4 is 0 Å². The summed E-state index contributed by atoms with van der Waals surface area (Å²) in [4.78, 5) is 14.0. The van der Waals surface area contributed by atoms with Crippen molar-refractivity contribution in [1.82, 2.24) is 34.9 Å². The highest BCUT2D eigenvalue weighted by Crippen LogP contribution is 2.69. The molecule has 3 aromatic heterocycles. The highest BCUT2D eigenvalue weighted by molar-refractivity contribution is 5.64. The van der Waals surface area contributed by atoms with Crippen molar-refractivity contribution in [3.63, 3.8) is 0 Å². The number of halogens is 2. The molecule has 2 fully saturated rings. The van der Waals surface area contributed by atoms with Crippen LogP contribution in [0.4, 0.5) is 8.78 Å². The van der Waals surface area contributed by atoms with E-state index in [1.54, 1.807) is 17.2 Å². The van der Waals surface area contributed by atoms with Gasteiger partial charge in [-0.25, -0.2) is 23.7 Å². The van der Waals surface area contributed by atoms with E-state index < -0.39 is 17.0 Å². The zero-order chi connectivity index (χ0) is 27.0. The van der Waals surface area contributed by atoms with Crippen molar-refractivity contribution in [3.05, 3.63) is 77.3 Å². The summed E-state index contributed by atoms with van der Waals surface area (Å²) >= 11 is 0. The second-order valence-electron chi connectivity index (χ2n) is 12.0. The molecule has 4 aromatic rings. The maximum Gasteiger partial charge on any atom is 0.252 e. The smallest absolute Gasteiger partial charge is 0.252 e. The monoisotopic (exact) mass is 529 g/mol. The van der Waals surface area contributed by atoms with Crippen LogP contribution in [0.1, 0.15) is 68.7 Å². The molecule has 0 amide bonds. The van der Waals surface area contributed by atoms with Gasteiger partial charge < -0.3 is 4.74 Å². The normalized spacial score (nSPS) is 24.0. The van der Waals surface area contributed by atoms with Gasteiger partial charge in [-0.1, -0.05) is 26.8 Å². The number of hydrogen-bond donors (Lipinski definition) is 0. The Labute approximate surface area is 224 Å². The molecule has 2 unspecified atom stereocenters. The van der Waals surface area contributed by atoms with E-state index in [1.807, 2.05) is 12.1 Å². The van der Waals surface area contributed by atoms with E-state index in [0.29, 0.717) is 5.95 Å². The third kappa shape index (κ3) is 3.50. The first-order valence-corrected chi connectivity index (χ1v) is 13.4. The highest BCUT2D eigenvalue weighted by atomic mass is 19.1. The maximum atomic E-state index is 14.6. The van der Waals surface area contributed by atoms with Gasteiger partial charge in [-0.2, -0.15) is 9.78 Å². The topological polar surface area (TPSA) is 91.5 Å². The SMILES string of the molecule is CC1(CCc2ncn(-c3nccc(C45CCC(c6cc(-c7c(F)cccc7F)nnc64)C5(C)C)n3)n2)COC1. The summed E-state index contributed by atoms with van der Waals surface area (Å²) in [5.74, 6) is 0.0594. The Morgan fingerprint density at radius 2 is 1.85 bits per heavy atom. The zero-order valence-corrected chi connectivity index (χ0v) is 22.2. The predicted octanol–water partition coefficient (Wildman–Crippen LogP) is 4.96. The number of hydrogen-bond acceptors (Lipinski definition) is 7. The van der Waals surface area contributed by atoms with Gasteiger partial charge >= 0.3 is 0 Å². The molecule has 4 heterocycles. The lowest BCUT2D eigenvalue weighted by atomic mass is 9.66. The number of fused-ring (bicyclic) bond motifs is 5. The number of nitrogens with zero attached hydrogens (tertiary/aromatic N) is 7. The molecule has 0 N–H and O–H groups in total. The van der Waals surface area contributed by atoms with Gasteiger partial charge in [0.05, 0.1) is 41.3 Å². The quantitative estimate of drug-likeness (QED) is 0.348. The third-order valence-corrected chi connectivity index (χ3v) is 9.28. The number of aryl methyl sites for hydroxylation is 1. The lowest BCUT2D eigenvalue weighted by Gasteiger charge is -2.37. The number of aromatic nitrogens is 7. The van der Waals surface area contributed by atoms with E-state index in [1.165, 1.54) is 18.2 Å². The molecule has 1 saturated carbocycles. The molecule has 0 spiro atoms. The molecule has 1 saturated heterocycles. The Morgan fingerprint density at radius 3 is 2.59 bits per heavy atom. The highest BCUT2D eigenvalue weighted by Gasteiger charge is 2.65. The molecule has 0 radical (unpaired) electrons. The van der Waals surface area contributed by atoms with Crippen LogP contribution >= 0.6 is 0 Å². The summed E-state index contributed by atoms with van der Waals surface area (Å²) in [6.45, 7) is 8.21. The summed E-state index contributed by atoms with van der Waals surface area (Å²) < 4.78 is 36.1. The van der Waals surface area contributed by atoms with Crippen LogP contribution in [0.5, 0.6) is 0 Å². The Bertz CT molecular complexity index is 1580. The Balaban J connectivity index is 1.25. The minimum atomic E-state index is -0.649. The molecule has 2 bridgehead atoms. The Morgan fingerprint density at radius 1 is 1.05 bits per heavy atom. The molecule has 7 rings (SSSR count). The minimum absolute atomic E-state index is 0.146. The predicted molar refractivity (Wildman–Crippen MR) is 138 cm³/mol. The average molecular weight is 530 g/mol. The van der Waals surface area contributed by atoms with Crippen LogP contribution in [-0.4, -0.2) is 48.1 Å². The van der Waals surface area contributed by atoms with Crippen molar-refractivity contribution < 1.29 is 13.5 Å². The van der Waals surface area contributed by atoms with Crippen molar-refractivity contribution in [3.8, 4) is 17.2 Å². The fraction of sp³-hybridized carbons (Fsp3) is 0.448. The molecule has 8 nitrogen and oxygen atoms in total. The lowest BCUT2D eigenvalue weighted by Crippen LogP contribution is -2.40. The van der Waals surface area contributed by atoms with E-state index in [-0.39, 0.29) is 28.0 Å². The lowest BCUT2D eigenvalue weighted by molar-refractivity contribution is -0.105. The molecule has 10 heteroatoms. The molecule has 1 aromatic carbocycles. The van der Waals surface area contributed by atoms with Crippen LogP contribution in [0.2, 0.25) is 0 Å². The van der Waals surface area contributed by atoms with E-state index in [0.717, 1.165) is 61.7 Å². The van der Waals surface area contributed by atoms with E-state index >= 15 is 0 Å². The summed E-state index contributed by atoms with van der Waals surface area (Å²) in [5, 5.41) is 13.6. The van der Waals surface area contributed by atoms with Crippen LogP contribution in [0.25, 0.3) is 17.2 Å². The minimum Gasteiger partial charge on any atom is -0.380 e. The van der Waals surface area contributed by atoms with Gasteiger partial charge in [-0.15, -0.1) is 10.2 Å². The second-order valence-corrected chi connectivity index (χ2v) is 12.0. The average Bonchev–Trinajstić information content (AvgIpc) is 3.54. The first-order chi connectivity index (χ1) is 18.7. The molecule has 1 aliphatic heterocycles. The molecule has 39 heavy (non-hydrogen) atoms. The third-order valence-electron chi connectivity index (χ3n) is 9.28. The molecule has 2 atom stereocenters. The number of rotatable bonds is 6. The standard InChI is InChI=1S/C29H29F2N7O/c1-27(2)18-7-11-29(27,25-17(18)13-21(35-36-25)24-19(30)5-4-6-20(24)31)22-9-12-32-26(34-22)38-16-33-23(37-38)8-10-28(3)14-39-15-28/h4-6,9,12-13,16,18H,7-8,10-11,14-15H2,1-3H3. The van der Waals surface area contributed by atoms with Gasteiger partial charge in [0, 0.05) is 18.0 Å². The molecule has 200 valence electrons. The molecule has 3 aliphatic rings. The summed E-state index contributed by atoms with van der Waals surface area (Å²) in [7, 11) is 0. The summed E-state index contributed by atoms with van der Waals surface area (Å²) in [5.41, 5.74) is 2.16. The molecular formula is C29H29F2N7O. The van der Waals surface area contributed by atoms with Crippen LogP contribution in [0.15, 0.2) is 42.9 Å². The fourth-order valence-corrected chi connectivity index (χ4v) is 6.97. The second kappa shape index (κ2) is 8.42. The van der Waals surface area contributed by atoms with Gasteiger partial charge in [0.1, 0.15) is 18.0 Å². The summed E-state index contributed by atoms with van der Waals surface area (Å²) in [6.07, 6.45) is 6.90. The van der Waals surface area contributed by atoms with Crippen LogP contribution in [0.3, 0.4) is 0 Å². The molecule has 2 aliphatic carbocycles. The maximum absolute atomic E-state index is 14.6. The zero-order valence-electron chi connectivity index (χ0n) is 22.2. The Hall–Kier alpha value is -3.66. The van der Waals surface area contributed by atoms with Crippen LogP contribution in [0, 0.1) is 22.5 Å². The largest absolute Gasteiger partial charge is 0.380 e. The van der Waals surface area contributed by atoms with Crippen molar-refractivity contribution in [2.75, 3.05) is 13.2 Å². The van der Waals surface area contributed by atoms with Gasteiger partial charge in [-0.3, -0.25) is 0 Å². The van der Waals surface area contributed by atoms with E-state index in [2.05, 4.69) is 46.0 Å². The fourth-order valence-electron chi connectivity index (χ4n) is 6.97. The van der Waals surface area contributed by atoms with Crippen molar-refractivity contribution in [2.45, 2.75) is 57.8 Å². The molecular weight excluding hydrogens is 500 g/mol. The first-order valence-electron chi connectivity index (χ1n) is 13.4. The van der Waals surface area contributed by atoms with Crippen LogP contribution in [-0.2, 0) is 16.6 Å². The van der Waals surface area contributed by atoms with E-state index in [4.69, 9.17) is 9.72 Å². The van der Waals surface area contributed by atoms with Gasteiger partial charge in [0.2, 0.25) is 0 Å². The van der Waals surface area contributed by atoms with Gasteiger partial charge in [0.15, 0.2) is 5.82 Å². The number of ether oxygens (including phenoxy) is 1. The van der Waals surface area contributed by atoms with Crippen molar-refractivity contribution >= 4 is 0 Å². The van der Waals surface area contributed by atoms with E-state index in [9.17, 15) is 8.78 Å². The van der Waals surface area contributed by atoms with Gasteiger partial charge in [0.25, 0.3) is 5.95 Å². The summed E-state index contributed by atoms with van der Waals surface area (Å²) in [6, 6.07) is 7.58. The van der Waals surface area contributed by atoms with Crippen molar-refractivity contribution in [1.29, 1.82) is 0 Å². The van der Waals surface area contributed by atoms with Gasteiger partial charge in [-0.05, 0) is 60.4 Å². The number of benzene rings is 1. The Kier molecular flexibility index (Phi) is 5.26. The van der Waals surface area contributed by atoms with Crippen molar-refractivity contribution in [2.24, 2.45) is 10.8 Å².